The number of azo groups is 1. The van der Waals surface area contributed by atoms with Gasteiger partial charge < -0.3 is 9.84 Å². The van der Waals surface area contributed by atoms with Gasteiger partial charge in [0.2, 0.25) is 5.70 Å². The normalized spacial score (nSPS) is 12.4. The molecule has 1 rings (SSSR count). The van der Waals surface area contributed by atoms with Crippen molar-refractivity contribution in [3.63, 3.8) is 0 Å². The Hall–Kier alpha value is -1.30. The molecule has 0 fully saturated rings. The molecule has 0 aliphatic heterocycles. The molecule has 1 aromatic rings. The summed E-state index contributed by atoms with van der Waals surface area (Å²) < 4.78 is 4.74. The van der Waals surface area contributed by atoms with Gasteiger partial charge in [-0.15, -0.1) is 16.7 Å². The van der Waals surface area contributed by atoms with Crippen molar-refractivity contribution in [2.24, 2.45) is 10.2 Å². The maximum atomic E-state index is 11.6. The standard InChI is InChI=1S/C12H11Cl3N2O3/c1-2-20-12(19)11(10(18)6-13)17-16-7-3-4-8(14)9(15)5-7/h3-5,18H,2,6H2,1H3. The predicted octanol–water partition coefficient (Wildman–Crippen LogP) is 4.65. The highest BCUT2D eigenvalue weighted by Crippen LogP contribution is 2.27. The fourth-order valence-corrected chi connectivity index (χ4v) is 1.55. The number of nitrogens with zero attached hydrogens (tertiary/aromatic N) is 2. The number of carbonyl (C=O) groups is 1. The Morgan fingerprint density at radius 1 is 1.35 bits per heavy atom. The molecule has 0 aromatic heterocycles. The van der Waals surface area contributed by atoms with Gasteiger partial charge in [-0.05, 0) is 25.1 Å². The van der Waals surface area contributed by atoms with E-state index in [0.29, 0.717) is 15.7 Å². The first-order valence-electron chi connectivity index (χ1n) is 5.51. The van der Waals surface area contributed by atoms with Crippen LogP contribution in [0.25, 0.3) is 0 Å². The van der Waals surface area contributed by atoms with Crippen LogP contribution in [-0.2, 0) is 9.53 Å². The molecule has 20 heavy (non-hydrogen) atoms. The van der Waals surface area contributed by atoms with Gasteiger partial charge in [0.25, 0.3) is 0 Å². The number of aliphatic hydroxyl groups excluding tert-OH is 1. The SMILES string of the molecule is CCOC(=O)C(N=Nc1ccc(Cl)c(Cl)c1)=C(O)CCl. The third kappa shape index (κ3) is 4.67. The zero-order chi connectivity index (χ0) is 15.1. The quantitative estimate of drug-likeness (QED) is 0.279. The largest absolute Gasteiger partial charge is 0.508 e. The molecule has 0 radical (unpaired) electrons. The van der Waals surface area contributed by atoms with Crippen LogP contribution in [0.3, 0.4) is 0 Å². The summed E-state index contributed by atoms with van der Waals surface area (Å²) in [6.45, 7) is 1.77. The highest BCUT2D eigenvalue weighted by atomic mass is 35.5. The van der Waals surface area contributed by atoms with E-state index >= 15 is 0 Å². The second-order valence-electron chi connectivity index (χ2n) is 3.45. The van der Waals surface area contributed by atoms with Crippen molar-refractivity contribution < 1.29 is 14.6 Å². The predicted molar refractivity (Wildman–Crippen MR) is 78.0 cm³/mol. The monoisotopic (exact) mass is 336 g/mol. The van der Waals surface area contributed by atoms with Gasteiger partial charge in [0, 0.05) is 0 Å². The lowest BCUT2D eigenvalue weighted by atomic mass is 10.3. The van der Waals surface area contributed by atoms with E-state index in [0.717, 1.165) is 0 Å². The number of ether oxygens (including phenoxy) is 1. The molecule has 0 bridgehead atoms. The zero-order valence-corrected chi connectivity index (χ0v) is 12.7. The molecule has 0 amide bonds. The molecule has 0 heterocycles. The number of alkyl halides is 1. The van der Waals surface area contributed by atoms with Crippen LogP contribution in [0.4, 0.5) is 5.69 Å². The number of hydrogen-bond donors (Lipinski definition) is 1. The van der Waals surface area contributed by atoms with Crippen LogP contribution in [0.1, 0.15) is 6.92 Å². The lowest BCUT2D eigenvalue weighted by Crippen LogP contribution is -2.09. The smallest absolute Gasteiger partial charge is 0.362 e. The van der Waals surface area contributed by atoms with Gasteiger partial charge in [-0.3, -0.25) is 0 Å². The van der Waals surface area contributed by atoms with E-state index in [-0.39, 0.29) is 18.2 Å². The van der Waals surface area contributed by atoms with Crippen molar-refractivity contribution in [1.82, 2.24) is 0 Å². The average Bonchev–Trinajstić information content (AvgIpc) is 2.42. The first-order chi connectivity index (χ1) is 9.49. The molecule has 0 aliphatic carbocycles. The Labute approximate surface area is 130 Å². The Balaban J connectivity index is 3.03. The number of benzene rings is 1. The molecular formula is C12H11Cl3N2O3. The summed E-state index contributed by atoms with van der Waals surface area (Å²) in [5.41, 5.74) is 0.0106. The van der Waals surface area contributed by atoms with Crippen LogP contribution < -0.4 is 0 Å². The van der Waals surface area contributed by atoms with Crippen LogP contribution in [0.5, 0.6) is 0 Å². The third-order valence-corrected chi connectivity index (χ3v) is 3.03. The van der Waals surface area contributed by atoms with E-state index in [1.165, 1.54) is 12.1 Å². The number of hydrogen-bond acceptors (Lipinski definition) is 5. The fraction of sp³-hybridized carbons (Fsp3) is 0.250. The molecular weight excluding hydrogens is 327 g/mol. The van der Waals surface area contributed by atoms with E-state index in [9.17, 15) is 9.90 Å². The highest BCUT2D eigenvalue weighted by Gasteiger charge is 2.16. The molecule has 8 heteroatoms. The average molecular weight is 338 g/mol. The van der Waals surface area contributed by atoms with Crippen LogP contribution in [0, 0.1) is 0 Å². The molecule has 0 aliphatic rings. The molecule has 1 aromatic carbocycles. The number of carbonyl (C=O) groups excluding carboxylic acids is 1. The van der Waals surface area contributed by atoms with Gasteiger partial charge in [0.05, 0.1) is 28.2 Å². The van der Waals surface area contributed by atoms with Gasteiger partial charge in [-0.25, -0.2) is 4.79 Å². The number of allylic oxidation sites excluding steroid dienone is 1. The lowest BCUT2D eigenvalue weighted by Gasteiger charge is -2.03. The Morgan fingerprint density at radius 3 is 2.60 bits per heavy atom. The van der Waals surface area contributed by atoms with Gasteiger partial charge in [-0.1, -0.05) is 23.2 Å². The summed E-state index contributed by atoms with van der Waals surface area (Å²) in [5, 5.41) is 17.6. The molecule has 5 nitrogen and oxygen atoms in total. The summed E-state index contributed by atoms with van der Waals surface area (Å²) in [6.07, 6.45) is 0. The minimum atomic E-state index is -0.811. The second kappa shape index (κ2) is 8.09. The maximum Gasteiger partial charge on any atom is 0.362 e. The maximum absolute atomic E-state index is 11.6. The topological polar surface area (TPSA) is 71.2 Å². The van der Waals surface area contributed by atoms with Crippen LogP contribution in [-0.4, -0.2) is 23.6 Å². The first kappa shape index (κ1) is 16.8. The number of rotatable bonds is 5. The highest BCUT2D eigenvalue weighted by molar-refractivity contribution is 6.42. The molecule has 0 spiro atoms. The van der Waals surface area contributed by atoms with Crippen LogP contribution in [0.2, 0.25) is 10.0 Å². The number of esters is 1. The molecule has 0 saturated heterocycles. The van der Waals surface area contributed by atoms with Crippen LogP contribution >= 0.6 is 34.8 Å². The number of halogens is 3. The molecule has 0 atom stereocenters. The van der Waals surface area contributed by atoms with Gasteiger partial charge >= 0.3 is 5.97 Å². The molecule has 0 saturated carbocycles. The second-order valence-corrected chi connectivity index (χ2v) is 4.53. The lowest BCUT2D eigenvalue weighted by molar-refractivity contribution is -0.138. The van der Waals surface area contributed by atoms with E-state index in [1.54, 1.807) is 13.0 Å². The summed E-state index contributed by atoms with van der Waals surface area (Å²) in [6, 6.07) is 4.56. The summed E-state index contributed by atoms with van der Waals surface area (Å²) in [7, 11) is 0. The van der Waals surface area contributed by atoms with Gasteiger partial charge in [0.1, 0.15) is 5.76 Å². The summed E-state index contributed by atoms with van der Waals surface area (Å²) in [5.74, 6) is -1.52. The Kier molecular flexibility index (Phi) is 6.78. The molecule has 108 valence electrons. The zero-order valence-electron chi connectivity index (χ0n) is 10.4. The van der Waals surface area contributed by atoms with Crippen molar-refractivity contribution in [3.05, 3.63) is 39.7 Å². The summed E-state index contributed by atoms with van der Waals surface area (Å²) in [4.78, 5) is 11.6. The Morgan fingerprint density at radius 2 is 2.05 bits per heavy atom. The molecule has 0 unspecified atom stereocenters. The van der Waals surface area contributed by atoms with E-state index in [4.69, 9.17) is 39.5 Å². The van der Waals surface area contributed by atoms with Crippen molar-refractivity contribution >= 4 is 46.5 Å². The number of aliphatic hydroxyl groups is 1. The van der Waals surface area contributed by atoms with Crippen molar-refractivity contribution in [3.8, 4) is 0 Å². The van der Waals surface area contributed by atoms with Crippen LogP contribution in [0.15, 0.2) is 39.9 Å². The van der Waals surface area contributed by atoms with Crippen molar-refractivity contribution in [2.45, 2.75) is 6.92 Å². The minimum Gasteiger partial charge on any atom is -0.508 e. The van der Waals surface area contributed by atoms with E-state index < -0.39 is 11.7 Å². The van der Waals surface area contributed by atoms with Crippen molar-refractivity contribution in [1.29, 1.82) is 0 Å². The first-order valence-corrected chi connectivity index (χ1v) is 6.80. The minimum absolute atomic E-state index is 0.139. The third-order valence-electron chi connectivity index (χ3n) is 2.04. The van der Waals surface area contributed by atoms with Gasteiger partial charge in [0.15, 0.2) is 0 Å². The summed E-state index contributed by atoms with van der Waals surface area (Å²) >= 11 is 17.0. The Bertz CT molecular complexity index is 559. The fourth-order valence-electron chi connectivity index (χ4n) is 1.13. The van der Waals surface area contributed by atoms with Crippen molar-refractivity contribution in [2.75, 3.05) is 12.5 Å². The van der Waals surface area contributed by atoms with E-state index in [2.05, 4.69) is 10.2 Å². The van der Waals surface area contributed by atoms with Gasteiger partial charge in [-0.2, -0.15) is 5.11 Å². The van der Waals surface area contributed by atoms with E-state index in [1.807, 2.05) is 0 Å². The molecule has 1 N–H and O–H groups in total.